The number of halogens is 3. The first kappa shape index (κ1) is 23.8. The van der Waals surface area contributed by atoms with Crippen molar-refractivity contribution in [3.05, 3.63) is 29.3 Å². The molecule has 1 aromatic rings. The molecule has 0 fully saturated rings. The third kappa shape index (κ3) is 6.53. The first-order valence-electron chi connectivity index (χ1n) is 10.2. The lowest BCUT2D eigenvalue weighted by Crippen LogP contribution is -2.30. The van der Waals surface area contributed by atoms with Gasteiger partial charge in [-0.1, -0.05) is 44.6 Å². The van der Waals surface area contributed by atoms with Crippen LogP contribution >= 0.6 is 0 Å². The fourth-order valence-electron chi connectivity index (χ4n) is 3.21. The zero-order chi connectivity index (χ0) is 22.2. The molecule has 1 heterocycles. The summed E-state index contributed by atoms with van der Waals surface area (Å²) < 4.78 is 45.3. The number of carbonyl (C=O) groups excluding carboxylic acids is 1. The lowest BCUT2D eigenvalue weighted by atomic mass is 10.0. The van der Waals surface area contributed by atoms with Gasteiger partial charge >= 0.3 is 17.8 Å². The summed E-state index contributed by atoms with van der Waals surface area (Å²) >= 11 is 0. The first-order valence-corrected chi connectivity index (χ1v) is 10.2. The van der Waals surface area contributed by atoms with Crippen molar-refractivity contribution in [3.8, 4) is 5.75 Å². The third-order valence-corrected chi connectivity index (χ3v) is 5.00. The Morgan fingerprint density at radius 1 is 1.00 bits per heavy atom. The minimum Gasteiger partial charge on any atom is -0.493 e. The van der Waals surface area contributed by atoms with E-state index in [2.05, 4.69) is 10.2 Å². The van der Waals surface area contributed by atoms with Gasteiger partial charge in [-0.3, -0.25) is 9.59 Å². The van der Waals surface area contributed by atoms with E-state index in [1.54, 1.807) is 0 Å². The van der Waals surface area contributed by atoms with E-state index < -0.39 is 17.8 Å². The topological polar surface area (TPSA) is 88.3 Å². The zero-order valence-corrected chi connectivity index (χ0v) is 17.0. The van der Waals surface area contributed by atoms with Crippen LogP contribution in [-0.2, 0) is 10.5 Å². The van der Waals surface area contributed by atoms with Crippen LogP contribution in [0.25, 0.3) is 0 Å². The summed E-state index contributed by atoms with van der Waals surface area (Å²) in [4.78, 5) is 22.2. The van der Waals surface area contributed by atoms with Crippen LogP contribution in [0.3, 0.4) is 0 Å². The summed E-state index contributed by atoms with van der Waals surface area (Å²) in [7, 11) is 0. The minimum absolute atomic E-state index is 0.124. The van der Waals surface area contributed by atoms with Gasteiger partial charge in [0.25, 0.3) is 0 Å². The van der Waals surface area contributed by atoms with Crippen LogP contribution in [-0.4, -0.2) is 29.6 Å². The lowest BCUT2D eigenvalue weighted by Gasteiger charge is -2.17. The van der Waals surface area contributed by atoms with Gasteiger partial charge in [0.15, 0.2) is 5.78 Å². The van der Waals surface area contributed by atoms with Crippen LogP contribution in [0.5, 0.6) is 5.75 Å². The highest BCUT2D eigenvalue weighted by atomic mass is 19.4. The smallest absolute Gasteiger partial charge is 0.442 e. The maximum atomic E-state index is 13.2. The Bertz CT molecular complexity index is 772. The van der Waals surface area contributed by atoms with Crippen molar-refractivity contribution < 1.29 is 32.6 Å². The van der Waals surface area contributed by atoms with Gasteiger partial charge in [0.05, 0.1) is 12.2 Å². The highest BCUT2D eigenvalue weighted by Gasteiger charge is 2.65. The van der Waals surface area contributed by atoms with Crippen molar-refractivity contribution in [1.82, 2.24) is 0 Å². The summed E-state index contributed by atoms with van der Waals surface area (Å²) in [6, 6.07) is 3.75. The number of Topliss-reactive ketones (excluding diaryl/α,β-unsaturated/α-hetero) is 1. The largest absolute Gasteiger partial charge is 0.493 e. The average Bonchev–Trinajstić information content (AvgIpc) is 3.47. The molecule has 6 nitrogen and oxygen atoms in total. The lowest BCUT2D eigenvalue weighted by molar-refractivity contribution is -0.166. The van der Waals surface area contributed by atoms with Crippen LogP contribution in [0.15, 0.2) is 28.4 Å². The third-order valence-electron chi connectivity index (χ3n) is 5.00. The number of unbranched alkanes of at least 4 members (excludes halogenated alkanes) is 7. The van der Waals surface area contributed by atoms with Gasteiger partial charge in [-0.15, -0.1) is 10.2 Å². The fourth-order valence-corrected chi connectivity index (χ4v) is 3.21. The molecule has 1 aliphatic rings. The SMILES string of the molecule is C[13C](=O)c1ccc(C2(C(F)(F)F)N=N2)cc1OCCCCCCCCCCC(=O)O. The molecule has 0 bridgehead atoms. The zero-order valence-electron chi connectivity index (χ0n) is 17.0. The molecule has 166 valence electrons. The van der Waals surface area contributed by atoms with E-state index >= 15 is 0 Å². The van der Waals surface area contributed by atoms with E-state index in [1.807, 2.05) is 0 Å². The summed E-state index contributed by atoms with van der Waals surface area (Å²) in [5.74, 6) is -0.924. The van der Waals surface area contributed by atoms with Gasteiger partial charge in [0, 0.05) is 12.0 Å². The van der Waals surface area contributed by atoms with Crippen molar-refractivity contribution in [2.75, 3.05) is 6.61 Å². The fraction of sp³-hybridized carbons (Fsp3) is 0.619. The van der Waals surface area contributed by atoms with Crippen LogP contribution in [0.4, 0.5) is 13.2 Å². The number of carboxylic acids is 1. The van der Waals surface area contributed by atoms with Gasteiger partial charge in [-0.2, -0.15) is 13.2 Å². The summed E-state index contributed by atoms with van der Waals surface area (Å²) in [5, 5.41) is 14.9. The maximum absolute atomic E-state index is 13.2. The second kappa shape index (κ2) is 10.5. The number of alkyl halides is 3. The molecule has 0 saturated heterocycles. The molecule has 1 N–H and O–H groups in total. The number of nitrogens with zero attached hydrogens (tertiary/aromatic N) is 2. The Kier molecular flexibility index (Phi) is 8.37. The van der Waals surface area contributed by atoms with E-state index in [4.69, 9.17) is 9.84 Å². The molecule has 9 heteroatoms. The Morgan fingerprint density at radius 2 is 1.57 bits per heavy atom. The van der Waals surface area contributed by atoms with Gasteiger partial charge in [-0.05, 0) is 31.9 Å². The molecule has 2 rings (SSSR count). The second-order valence-electron chi connectivity index (χ2n) is 7.46. The van der Waals surface area contributed by atoms with E-state index in [-0.39, 0.29) is 29.1 Å². The normalized spacial score (nSPS) is 14.5. The molecular formula is C21H27F3N2O4. The van der Waals surface area contributed by atoms with Crippen LogP contribution in [0.2, 0.25) is 0 Å². The number of benzene rings is 1. The number of ketones is 1. The molecule has 0 spiro atoms. The van der Waals surface area contributed by atoms with Crippen molar-refractivity contribution in [1.29, 1.82) is 0 Å². The highest BCUT2D eigenvalue weighted by molar-refractivity contribution is 5.96. The summed E-state index contributed by atoms with van der Waals surface area (Å²) in [6.45, 7) is 1.64. The van der Waals surface area contributed by atoms with E-state index in [9.17, 15) is 22.8 Å². The molecule has 1 aromatic carbocycles. The molecular weight excluding hydrogens is 402 g/mol. The molecule has 0 atom stereocenters. The molecule has 0 amide bonds. The van der Waals surface area contributed by atoms with Crippen molar-refractivity contribution in [3.63, 3.8) is 0 Å². The Labute approximate surface area is 173 Å². The molecule has 0 saturated carbocycles. The molecule has 1 aliphatic heterocycles. The van der Waals surface area contributed by atoms with Gasteiger partial charge in [-0.25, -0.2) is 0 Å². The number of ether oxygens (including phenoxy) is 1. The molecule has 30 heavy (non-hydrogen) atoms. The predicted molar refractivity (Wildman–Crippen MR) is 104 cm³/mol. The Morgan fingerprint density at radius 3 is 2.07 bits per heavy atom. The monoisotopic (exact) mass is 429 g/mol. The molecule has 0 aliphatic carbocycles. The number of aliphatic carboxylic acids is 1. The Balaban J connectivity index is 1.75. The number of hydrogen-bond donors (Lipinski definition) is 1. The summed E-state index contributed by atoms with van der Waals surface area (Å²) in [6.07, 6.45) is 2.92. The van der Waals surface area contributed by atoms with Crippen LogP contribution in [0.1, 0.15) is 80.6 Å². The number of carboxylic acid groups (broad SMARTS) is 1. The van der Waals surface area contributed by atoms with Gasteiger partial charge in [0.2, 0.25) is 0 Å². The minimum atomic E-state index is -4.63. The predicted octanol–water partition coefficient (Wildman–Crippen LogP) is 6.04. The van der Waals surface area contributed by atoms with E-state index in [0.29, 0.717) is 13.0 Å². The molecule has 0 unspecified atom stereocenters. The van der Waals surface area contributed by atoms with Gasteiger partial charge in [0.1, 0.15) is 5.75 Å². The molecule has 0 radical (unpaired) electrons. The summed E-state index contributed by atoms with van der Waals surface area (Å²) in [5.41, 5.74) is -2.46. The van der Waals surface area contributed by atoms with Crippen LogP contribution in [0, 0.1) is 0 Å². The molecule has 0 aromatic heterocycles. The number of hydrogen-bond acceptors (Lipinski definition) is 5. The van der Waals surface area contributed by atoms with Crippen LogP contribution < -0.4 is 4.74 Å². The van der Waals surface area contributed by atoms with E-state index in [0.717, 1.165) is 44.9 Å². The van der Waals surface area contributed by atoms with Gasteiger partial charge < -0.3 is 9.84 Å². The second-order valence-corrected chi connectivity index (χ2v) is 7.46. The Hall–Kier alpha value is -2.45. The van der Waals surface area contributed by atoms with E-state index in [1.165, 1.54) is 25.1 Å². The van der Waals surface area contributed by atoms with Crippen molar-refractivity contribution in [2.45, 2.75) is 76.6 Å². The van der Waals surface area contributed by atoms with Crippen molar-refractivity contribution in [2.24, 2.45) is 10.2 Å². The number of carbonyl (C=O) groups is 2. The van der Waals surface area contributed by atoms with Crippen molar-refractivity contribution >= 4 is 11.8 Å². The average molecular weight is 429 g/mol. The highest BCUT2D eigenvalue weighted by Crippen LogP contribution is 2.53. The first-order chi connectivity index (χ1) is 14.2. The standard InChI is InChI=1S/C21H27F3N2O4/c1-15(27)17-12-11-16(20(25-26-20)21(22,23)24)14-18(17)30-13-9-7-5-3-2-4-6-8-10-19(28)29/h11-12,14H,2-10,13H2,1H3,(H,28,29)/i15+1. The number of rotatable bonds is 14. The quantitative estimate of drug-likeness (QED) is 0.222. The maximum Gasteiger partial charge on any atom is 0.442 e.